The molecule has 1 aromatic carbocycles. The number of nitrogens with two attached hydrogens (primary N) is 1. The number of amides is 3. The summed E-state index contributed by atoms with van der Waals surface area (Å²) >= 11 is 10.2. The van der Waals surface area contributed by atoms with E-state index in [9.17, 15) is 9.59 Å². The molecular weight excluding hydrogens is 418 g/mol. The van der Waals surface area contributed by atoms with Crippen LogP contribution < -0.4 is 16.4 Å². The second-order valence-electron chi connectivity index (χ2n) is 8.52. The Morgan fingerprint density at radius 1 is 1.19 bits per heavy atom. The predicted molar refractivity (Wildman–Crippen MR) is 107 cm³/mol. The summed E-state index contributed by atoms with van der Waals surface area (Å²) < 4.78 is 0.236. The molecule has 140 valence electrons. The third kappa shape index (κ3) is 3.58. The SMILES string of the molecule is NC(=O)Nc1ccc(Cl)c(NC(=O)CC23CC4CC(CC(Br)(C4)C2)C3)c1. The van der Waals surface area contributed by atoms with Gasteiger partial charge in [-0.3, -0.25) is 4.79 Å². The van der Waals surface area contributed by atoms with E-state index in [4.69, 9.17) is 17.3 Å². The van der Waals surface area contributed by atoms with Crippen LogP contribution in [0, 0.1) is 17.3 Å². The Bertz CT molecular complexity index is 755. The minimum absolute atomic E-state index is 0.0128. The molecule has 0 radical (unpaired) electrons. The topological polar surface area (TPSA) is 84.2 Å². The van der Waals surface area contributed by atoms with Crippen LogP contribution in [0.2, 0.25) is 5.02 Å². The minimum Gasteiger partial charge on any atom is -0.351 e. The fourth-order valence-electron chi connectivity index (χ4n) is 5.92. The van der Waals surface area contributed by atoms with Crippen LogP contribution in [0.25, 0.3) is 0 Å². The molecule has 4 fully saturated rings. The first-order valence-electron chi connectivity index (χ1n) is 9.09. The van der Waals surface area contributed by atoms with Gasteiger partial charge in [-0.15, -0.1) is 0 Å². The first-order chi connectivity index (χ1) is 12.2. The molecule has 4 aliphatic rings. The predicted octanol–water partition coefficient (Wildman–Crippen LogP) is 4.89. The van der Waals surface area contributed by atoms with Crippen molar-refractivity contribution in [2.24, 2.45) is 23.0 Å². The van der Waals surface area contributed by atoms with E-state index in [0.29, 0.717) is 22.8 Å². The molecule has 2 unspecified atom stereocenters. The van der Waals surface area contributed by atoms with E-state index in [1.54, 1.807) is 18.2 Å². The number of benzene rings is 1. The van der Waals surface area contributed by atoms with Gasteiger partial charge in [0.2, 0.25) is 5.91 Å². The Kier molecular flexibility index (Phi) is 4.47. The highest BCUT2D eigenvalue weighted by atomic mass is 79.9. The summed E-state index contributed by atoms with van der Waals surface area (Å²) in [5.74, 6) is 1.48. The van der Waals surface area contributed by atoms with Gasteiger partial charge in [0.15, 0.2) is 0 Å². The number of nitrogens with one attached hydrogen (secondary N) is 2. The van der Waals surface area contributed by atoms with Gasteiger partial charge in [-0.1, -0.05) is 27.5 Å². The van der Waals surface area contributed by atoms with Crippen molar-refractivity contribution in [3.8, 4) is 0 Å². The van der Waals surface area contributed by atoms with Crippen molar-refractivity contribution in [3.63, 3.8) is 0 Å². The van der Waals surface area contributed by atoms with Gasteiger partial charge in [-0.2, -0.15) is 0 Å². The molecular formula is C19H23BrClN3O2. The van der Waals surface area contributed by atoms with Crippen molar-refractivity contribution in [2.75, 3.05) is 10.6 Å². The summed E-state index contributed by atoms with van der Waals surface area (Å²) in [7, 11) is 0. The van der Waals surface area contributed by atoms with Crippen molar-refractivity contribution in [1.29, 1.82) is 0 Å². The smallest absolute Gasteiger partial charge is 0.316 e. The number of urea groups is 1. The van der Waals surface area contributed by atoms with Gasteiger partial charge in [0.25, 0.3) is 0 Å². The van der Waals surface area contributed by atoms with Crippen LogP contribution in [0.5, 0.6) is 0 Å². The first kappa shape index (κ1) is 18.1. The zero-order valence-electron chi connectivity index (χ0n) is 14.5. The first-order valence-corrected chi connectivity index (χ1v) is 10.3. The highest BCUT2D eigenvalue weighted by molar-refractivity contribution is 9.10. The van der Waals surface area contributed by atoms with Crippen molar-refractivity contribution < 1.29 is 9.59 Å². The quantitative estimate of drug-likeness (QED) is 0.582. The van der Waals surface area contributed by atoms with Gasteiger partial charge in [0.1, 0.15) is 0 Å². The molecule has 4 N–H and O–H groups in total. The van der Waals surface area contributed by atoms with Gasteiger partial charge in [0, 0.05) is 16.4 Å². The average molecular weight is 441 g/mol. The lowest BCUT2D eigenvalue weighted by molar-refractivity contribution is -0.123. The lowest BCUT2D eigenvalue weighted by Gasteiger charge is -2.60. The zero-order chi connectivity index (χ0) is 18.5. The molecule has 0 aromatic heterocycles. The number of primary amides is 1. The summed E-state index contributed by atoms with van der Waals surface area (Å²) in [6.07, 6.45) is 7.74. The number of hydrogen-bond donors (Lipinski definition) is 3. The average Bonchev–Trinajstić information content (AvgIpc) is 2.46. The van der Waals surface area contributed by atoms with Crippen molar-refractivity contribution >= 4 is 50.8 Å². The fourth-order valence-corrected chi connectivity index (χ4v) is 7.59. The molecule has 0 saturated heterocycles. The maximum Gasteiger partial charge on any atom is 0.316 e. The minimum atomic E-state index is -0.652. The molecule has 1 aromatic rings. The molecule has 0 aliphatic heterocycles. The Morgan fingerprint density at radius 3 is 2.50 bits per heavy atom. The Hall–Kier alpha value is -1.27. The summed E-state index contributed by atoms with van der Waals surface area (Å²) in [4.78, 5) is 23.8. The van der Waals surface area contributed by atoms with Gasteiger partial charge >= 0.3 is 6.03 Å². The third-order valence-electron chi connectivity index (χ3n) is 6.15. The van der Waals surface area contributed by atoms with Crippen molar-refractivity contribution in [3.05, 3.63) is 23.2 Å². The van der Waals surface area contributed by atoms with E-state index >= 15 is 0 Å². The molecule has 5 nitrogen and oxygen atoms in total. The van der Waals surface area contributed by atoms with E-state index in [1.165, 1.54) is 19.3 Å². The largest absolute Gasteiger partial charge is 0.351 e. The van der Waals surface area contributed by atoms with Crippen LogP contribution >= 0.6 is 27.5 Å². The Morgan fingerprint density at radius 2 is 1.88 bits per heavy atom. The standard InChI is InChI=1S/C19H23BrClN3O2/c20-19-7-11-3-12(8-19)6-18(5-11,10-19)9-16(25)24-15-4-13(23-17(22)26)1-2-14(15)21/h1-2,4,11-12H,3,5-10H2,(H,24,25)(H3,22,23,26). The number of hydrogen-bond acceptors (Lipinski definition) is 2. The van der Waals surface area contributed by atoms with E-state index in [1.807, 2.05) is 0 Å². The maximum absolute atomic E-state index is 12.8. The molecule has 0 heterocycles. The number of anilines is 2. The monoisotopic (exact) mass is 439 g/mol. The molecule has 7 heteroatoms. The molecule has 5 rings (SSSR count). The van der Waals surface area contributed by atoms with Crippen LogP contribution in [0.15, 0.2) is 18.2 Å². The molecule has 4 bridgehead atoms. The second-order valence-corrected chi connectivity index (χ2v) is 10.6. The molecule has 4 aliphatic carbocycles. The normalized spacial score (nSPS) is 34.5. The Labute approximate surface area is 166 Å². The summed E-state index contributed by atoms with van der Waals surface area (Å²) in [5.41, 5.74) is 6.26. The maximum atomic E-state index is 12.8. The highest BCUT2D eigenvalue weighted by Gasteiger charge is 2.57. The number of carbonyl (C=O) groups is 2. The van der Waals surface area contributed by atoms with Crippen molar-refractivity contribution in [1.82, 2.24) is 0 Å². The third-order valence-corrected chi connectivity index (χ3v) is 7.41. The fraction of sp³-hybridized carbons (Fsp3) is 0.579. The zero-order valence-corrected chi connectivity index (χ0v) is 16.8. The number of rotatable bonds is 4. The lowest BCUT2D eigenvalue weighted by atomic mass is 9.48. The highest BCUT2D eigenvalue weighted by Crippen LogP contribution is 2.65. The van der Waals surface area contributed by atoms with Crippen LogP contribution in [-0.2, 0) is 4.79 Å². The lowest BCUT2D eigenvalue weighted by Crippen LogP contribution is -2.53. The molecule has 26 heavy (non-hydrogen) atoms. The molecule has 4 saturated carbocycles. The summed E-state index contributed by atoms with van der Waals surface area (Å²) in [6, 6.07) is 4.27. The summed E-state index contributed by atoms with van der Waals surface area (Å²) in [5, 5.41) is 5.87. The van der Waals surface area contributed by atoms with Crippen LogP contribution in [-0.4, -0.2) is 16.3 Å². The molecule has 2 atom stereocenters. The van der Waals surface area contributed by atoms with Gasteiger partial charge < -0.3 is 16.4 Å². The summed E-state index contributed by atoms with van der Waals surface area (Å²) in [6.45, 7) is 0. The van der Waals surface area contributed by atoms with Gasteiger partial charge in [-0.05, 0) is 74.0 Å². The van der Waals surface area contributed by atoms with Crippen molar-refractivity contribution in [2.45, 2.75) is 49.3 Å². The number of carbonyl (C=O) groups excluding carboxylic acids is 2. The van der Waals surface area contributed by atoms with Gasteiger partial charge in [0.05, 0.1) is 10.7 Å². The second kappa shape index (κ2) is 6.41. The number of alkyl halides is 1. The van der Waals surface area contributed by atoms with E-state index < -0.39 is 6.03 Å². The molecule has 3 amide bonds. The van der Waals surface area contributed by atoms with Crippen LogP contribution in [0.3, 0.4) is 0 Å². The number of halogens is 2. The van der Waals surface area contributed by atoms with Crippen LogP contribution in [0.4, 0.5) is 16.2 Å². The molecule has 0 spiro atoms. The Balaban J connectivity index is 1.47. The van der Waals surface area contributed by atoms with Crippen LogP contribution in [0.1, 0.15) is 44.9 Å². The van der Waals surface area contributed by atoms with E-state index in [-0.39, 0.29) is 15.6 Å². The van der Waals surface area contributed by atoms with E-state index in [0.717, 1.165) is 31.1 Å². The van der Waals surface area contributed by atoms with Gasteiger partial charge in [-0.25, -0.2) is 4.79 Å². The van der Waals surface area contributed by atoms with E-state index in [2.05, 4.69) is 26.6 Å².